The second-order valence-corrected chi connectivity index (χ2v) is 8.41. The van der Waals surface area contributed by atoms with Crippen molar-refractivity contribution >= 4 is 12.1 Å². The van der Waals surface area contributed by atoms with Crippen molar-refractivity contribution < 1.29 is 19.1 Å². The first kappa shape index (κ1) is 19.7. The Hall–Kier alpha value is -2.04. The predicted octanol–water partition coefficient (Wildman–Crippen LogP) is 4.57. The van der Waals surface area contributed by atoms with Crippen LogP contribution in [0.4, 0.5) is 4.79 Å². The van der Waals surface area contributed by atoms with Crippen LogP contribution in [0, 0.1) is 17.8 Å². The number of carbonyl (C=O) groups excluding carboxylic acids is 2. The highest BCUT2D eigenvalue weighted by atomic mass is 16.6. The lowest BCUT2D eigenvalue weighted by Crippen LogP contribution is -2.39. The number of amides is 1. The van der Waals surface area contributed by atoms with E-state index in [-0.39, 0.29) is 18.7 Å². The van der Waals surface area contributed by atoms with Gasteiger partial charge >= 0.3 is 12.1 Å². The van der Waals surface area contributed by atoms with Crippen LogP contribution in [0.2, 0.25) is 0 Å². The third kappa shape index (κ3) is 4.45. The van der Waals surface area contributed by atoms with Crippen LogP contribution in [0.1, 0.15) is 58.6 Å². The molecule has 0 N–H and O–H groups in total. The maximum atomic E-state index is 12.7. The van der Waals surface area contributed by atoms with E-state index >= 15 is 0 Å². The van der Waals surface area contributed by atoms with Gasteiger partial charge in [-0.1, -0.05) is 57.5 Å². The summed E-state index contributed by atoms with van der Waals surface area (Å²) in [6.07, 6.45) is 1.77. The van der Waals surface area contributed by atoms with Gasteiger partial charge in [0.05, 0.1) is 12.6 Å². The summed E-state index contributed by atoms with van der Waals surface area (Å²) < 4.78 is 11.2. The zero-order valence-electron chi connectivity index (χ0n) is 16.8. The Morgan fingerprint density at radius 3 is 2.56 bits per heavy atom. The maximum Gasteiger partial charge on any atom is 0.411 e. The Balaban J connectivity index is 1.63. The van der Waals surface area contributed by atoms with Crippen molar-refractivity contribution in [2.24, 2.45) is 17.8 Å². The van der Waals surface area contributed by atoms with Crippen molar-refractivity contribution in [2.75, 3.05) is 6.54 Å². The number of hydrogen-bond acceptors (Lipinski definition) is 4. The number of benzene rings is 1. The van der Waals surface area contributed by atoms with Crippen molar-refractivity contribution in [1.82, 2.24) is 4.90 Å². The van der Waals surface area contributed by atoms with Gasteiger partial charge in [0, 0.05) is 0 Å². The molecule has 5 heteroatoms. The smallest absolute Gasteiger partial charge is 0.411 e. The molecule has 0 unspecified atom stereocenters. The molecule has 1 saturated carbocycles. The lowest BCUT2D eigenvalue weighted by Gasteiger charge is -2.37. The van der Waals surface area contributed by atoms with E-state index in [1.807, 2.05) is 37.3 Å². The van der Waals surface area contributed by atoms with E-state index in [1.165, 1.54) is 6.42 Å². The van der Waals surface area contributed by atoms with Gasteiger partial charge in [-0.3, -0.25) is 4.90 Å². The molecule has 1 aliphatic carbocycles. The summed E-state index contributed by atoms with van der Waals surface area (Å²) in [4.78, 5) is 26.6. The molecule has 1 aliphatic heterocycles. The van der Waals surface area contributed by atoms with Gasteiger partial charge in [0.25, 0.3) is 0 Å². The number of carbonyl (C=O) groups is 2. The molecule has 2 fully saturated rings. The summed E-state index contributed by atoms with van der Waals surface area (Å²) in [7, 11) is 0. The summed E-state index contributed by atoms with van der Waals surface area (Å²) in [6.45, 7) is 8.75. The second kappa shape index (κ2) is 8.32. The van der Waals surface area contributed by atoms with E-state index < -0.39 is 18.2 Å². The standard InChI is InChI=1S/C22H31NO4/c1-14(2)18-11-10-15(3)12-19(18)26-21(24)20-13-23(22(25)27-20)16(4)17-8-6-5-7-9-17/h5-9,14-16,18-20H,10-13H2,1-4H3/t15-,16-,18+,19-,20+/m1/s1. The van der Waals surface area contributed by atoms with E-state index in [0.29, 0.717) is 17.8 Å². The molecular weight excluding hydrogens is 342 g/mol. The van der Waals surface area contributed by atoms with Crippen molar-refractivity contribution in [3.63, 3.8) is 0 Å². The molecule has 0 spiro atoms. The van der Waals surface area contributed by atoms with E-state index in [1.54, 1.807) is 4.90 Å². The molecule has 1 amide bonds. The van der Waals surface area contributed by atoms with Gasteiger partial charge in [0.1, 0.15) is 6.10 Å². The third-order valence-corrected chi connectivity index (χ3v) is 6.08. The van der Waals surface area contributed by atoms with Crippen LogP contribution in [-0.4, -0.2) is 35.7 Å². The summed E-state index contributed by atoms with van der Waals surface area (Å²) in [5.41, 5.74) is 1.02. The molecule has 2 aliphatic rings. The molecule has 0 radical (unpaired) electrons. The molecule has 5 atom stereocenters. The first-order chi connectivity index (χ1) is 12.9. The van der Waals surface area contributed by atoms with Gasteiger partial charge in [0.2, 0.25) is 6.10 Å². The molecule has 1 aromatic rings. The normalized spacial score (nSPS) is 29.5. The number of cyclic esters (lactones) is 1. The van der Waals surface area contributed by atoms with E-state index in [0.717, 1.165) is 18.4 Å². The fraction of sp³-hybridized carbons (Fsp3) is 0.636. The van der Waals surface area contributed by atoms with Crippen molar-refractivity contribution in [3.05, 3.63) is 35.9 Å². The number of ether oxygens (including phenoxy) is 2. The van der Waals surface area contributed by atoms with Gasteiger partial charge in [-0.2, -0.15) is 0 Å². The SMILES string of the molecule is CC(C)[C@@H]1CC[C@@H](C)C[C@H]1OC(=O)[C@@H]1CN([C@H](C)c2ccccc2)C(=O)O1. The fourth-order valence-electron chi connectivity index (χ4n) is 4.31. The zero-order valence-corrected chi connectivity index (χ0v) is 16.8. The summed E-state index contributed by atoms with van der Waals surface area (Å²) in [5, 5.41) is 0. The summed E-state index contributed by atoms with van der Waals surface area (Å²) >= 11 is 0. The van der Waals surface area contributed by atoms with Gasteiger partial charge in [-0.15, -0.1) is 0 Å². The molecule has 0 aromatic heterocycles. The highest BCUT2D eigenvalue weighted by molar-refractivity contribution is 5.82. The summed E-state index contributed by atoms with van der Waals surface area (Å²) in [5.74, 6) is 0.993. The topological polar surface area (TPSA) is 55.8 Å². The van der Waals surface area contributed by atoms with Crippen LogP contribution in [0.25, 0.3) is 0 Å². The second-order valence-electron chi connectivity index (χ2n) is 8.41. The molecule has 27 heavy (non-hydrogen) atoms. The van der Waals surface area contributed by atoms with Gasteiger partial charge in [0.15, 0.2) is 0 Å². The van der Waals surface area contributed by atoms with Crippen LogP contribution in [0.15, 0.2) is 30.3 Å². The van der Waals surface area contributed by atoms with E-state index in [9.17, 15) is 9.59 Å². The lowest BCUT2D eigenvalue weighted by molar-refractivity contribution is -0.164. The number of hydrogen-bond donors (Lipinski definition) is 0. The van der Waals surface area contributed by atoms with Gasteiger partial charge in [-0.05, 0) is 43.1 Å². The average Bonchev–Trinajstić information content (AvgIpc) is 3.03. The molecule has 1 heterocycles. The van der Waals surface area contributed by atoms with Crippen molar-refractivity contribution in [3.8, 4) is 0 Å². The minimum absolute atomic E-state index is 0.0828. The number of rotatable bonds is 5. The van der Waals surface area contributed by atoms with Crippen molar-refractivity contribution in [2.45, 2.75) is 65.2 Å². The predicted molar refractivity (Wildman–Crippen MR) is 103 cm³/mol. The van der Waals surface area contributed by atoms with Crippen LogP contribution in [-0.2, 0) is 14.3 Å². The Morgan fingerprint density at radius 1 is 1.19 bits per heavy atom. The Labute approximate surface area is 162 Å². The van der Waals surface area contributed by atoms with E-state index in [2.05, 4.69) is 20.8 Å². The third-order valence-electron chi connectivity index (χ3n) is 6.08. The minimum Gasteiger partial charge on any atom is -0.459 e. The highest BCUT2D eigenvalue weighted by Crippen LogP contribution is 2.36. The van der Waals surface area contributed by atoms with Crippen LogP contribution >= 0.6 is 0 Å². The minimum atomic E-state index is -0.839. The maximum absolute atomic E-state index is 12.7. The number of esters is 1. The Morgan fingerprint density at radius 2 is 1.89 bits per heavy atom. The highest BCUT2D eigenvalue weighted by Gasteiger charge is 2.42. The summed E-state index contributed by atoms with van der Waals surface area (Å²) in [6, 6.07) is 9.62. The number of nitrogens with zero attached hydrogens (tertiary/aromatic N) is 1. The zero-order chi connectivity index (χ0) is 19.6. The molecular formula is C22H31NO4. The molecule has 3 rings (SSSR count). The average molecular weight is 373 g/mol. The molecule has 148 valence electrons. The van der Waals surface area contributed by atoms with Gasteiger partial charge in [-0.25, -0.2) is 9.59 Å². The first-order valence-corrected chi connectivity index (χ1v) is 10.1. The largest absolute Gasteiger partial charge is 0.459 e. The van der Waals surface area contributed by atoms with Crippen LogP contribution in [0.3, 0.4) is 0 Å². The Bertz CT molecular complexity index is 660. The lowest BCUT2D eigenvalue weighted by atomic mass is 9.75. The first-order valence-electron chi connectivity index (χ1n) is 10.1. The van der Waals surface area contributed by atoms with Crippen LogP contribution < -0.4 is 0 Å². The molecule has 0 bridgehead atoms. The quantitative estimate of drug-likeness (QED) is 0.709. The monoisotopic (exact) mass is 373 g/mol. The molecule has 1 aromatic carbocycles. The Kier molecular flexibility index (Phi) is 6.08. The molecule has 5 nitrogen and oxygen atoms in total. The van der Waals surface area contributed by atoms with E-state index in [4.69, 9.17) is 9.47 Å². The van der Waals surface area contributed by atoms with Gasteiger partial charge < -0.3 is 9.47 Å². The molecule has 1 saturated heterocycles. The van der Waals surface area contributed by atoms with Crippen molar-refractivity contribution in [1.29, 1.82) is 0 Å². The van der Waals surface area contributed by atoms with Crippen LogP contribution in [0.5, 0.6) is 0 Å². The fourth-order valence-corrected chi connectivity index (χ4v) is 4.31.